The summed E-state index contributed by atoms with van der Waals surface area (Å²) in [6.07, 6.45) is 1.57. The lowest BCUT2D eigenvalue weighted by molar-refractivity contribution is 0.596. The van der Waals surface area contributed by atoms with Gasteiger partial charge in [-0.25, -0.2) is 4.68 Å². The zero-order valence-electron chi connectivity index (χ0n) is 11.3. The van der Waals surface area contributed by atoms with Crippen LogP contribution in [0.1, 0.15) is 5.82 Å². The van der Waals surface area contributed by atoms with Crippen molar-refractivity contribution in [3.8, 4) is 11.4 Å². The Bertz CT molecular complexity index is 822. The van der Waals surface area contributed by atoms with Gasteiger partial charge in [-0.2, -0.15) is 5.10 Å². The molecule has 0 unspecified atom stereocenters. The number of benzene rings is 1. The molecule has 0 radical (unpaired) electrons. The molecule has 0 spiro atoms. The van der Waals surface area contributed by atoms with Crippen LogP contribution in [0, 0.1) is 0 Å². The average molecular weight is 302 g/mol. The van der Waals surface area contributed by atoms with Crippen molar-refractivity contribution in [2.24, 2.45) is 7.05 Å². The van der Waals surface area contributed by atoms with Gasteiger partial charge < -0.3 is 4.57 Å². The molecule has 2 aromatic heterocycles. The van der Waals surface area contributed by atoms with E-state index >= 15 is 0 Å². The Morgan fingerprint density at radius 3 is 2.62 bits per heavy atom. The number of rotatable bonds is 3. The fourth-order valence-corrected chi connectivity index (χ4v) is 2.12. The number of aromatic nitrogens is 5. The molecule has 0 aliphatic heterocycles. The van der Waals surface area contributed by atoms with E-state index in [-0.39, 0.29) is 12.1 Å². The zero-order chi connectivity index (χ0) is 14.8. The van der Waals surface area contributed by atoms with Gasteiger partial charge in [0.1, 0.15) is 6.54 Å². The van der Waals surface area contributed by atoms with Crippen molar-refractivity contribution in [1.82, 2.24) is 24.5 Å². The van der Waals surface area contributed by atoms with Crippen molar-refractivity contribution in [3.05, 3.63) is 63.8 Å². The van der Waals surface area contributed by atoms with Gasteiger partial charge in [-0.1, -0.05) is 11.6 Å². The lowest BCUT2D eigenvalue weighted by Gasteiger charge is -2.05. The Morgan fingerprint density at radius 2 is 1.90 bits per heavy atom. The van der Waals surface area contributed by atoms with Gasteiger partial charge in [0.15, 0.2) is 11.6 Å². The predicted molar refractivity (Wildman–Crippen MR) is 79.0 cm³/mol. The second kappa shape index (κ2) is 5.49. The quantitative estimate of drug-likeness (QED) is 0.739. The molecule has 0 bridgehead atoms. The fourth-order valence-electron chi connectivity index (χ4n) is 1.99. The van der Waals surface area contributed by atoms with Crippen molar-refractivity contribution >= 4 is 11.6 Å². The van der Waals surface area contributed by atoms with Crippen molar-refractivity contribution in [2.45, 2.75) is 6.54 Å². The lowest BCUT2D eigenvalue weighted by Crippen LogP contribution is -2.23. The minimum absolute atomic E-state index is 0.173. The number of halogens is 1. The van der Waals surface area contributed by atoms with Gasteiger partial charge in [0.05, 0.1) is 0 Å². The molecule has 21 heavy (non-hydrogen) atoms. The lowest BCUT2D eigenvalue weighted by atomic mass is 10.2. The van der Waals surface area contributed by atoms with Crippen LogP contribution in [0.15, 0.2) is 47.4 Å². The monoisotopic (exact) mass is 301 g/mol. The summed E-state index contributed by atoms with van der Waals surface area (Å²) in [7, 11) is 1.85. The first kappa shape index (κ1) is 13.5. The van der Waals surface area contributed by atoms with Crippen molar-refractivity contribution < 1.29 is 0 Å². The van der Waals surface area contributed by atoms with Gasteiger partial charge in [-0.05, 0) is 30.3 Å². The maximum Gasteiger partial charge on any atom is 0.267 e. The molecule has 106 valence electrons. The molecule has 6 nitrogen and oxygen atoms in total. The van der Waals surface area contributed by atoms with Gasteiger partial charge in [0.2, 0.25) is 0 Å². The molecule has 0 saturated carbocycles. The van der Waals surface area contributed by atoms with E-state index in [1.165, 1.54) is 10.7 Å². The Kier molecular flexibility index (Phi) is 3.53. The maximum absolute atomic E-state index is 11.7. The summed E-state index contributed by atoms with van der Waals surface area (Å²) in [6, 6.07) is 10.4. The molecule has 2 heterocycles. The predicted octanol–water partition coefficient (Wildman–Crippen LogP) is 1.74. The smallest absolute Gasteiger partial charge is 0.267 e. The van der Waals surface area contributed by atoms with Crippen LogP contribution in [0.3, 0.4) is 0 Å². The molecule has 3 aromatic rings. The highest BCUT2D eigenvalue weighted by molar-refractivity contribution is 6.30. The molecule has 7 heteroatoms. The van der Waals surface area contributed by atoms with E-state index in [2.05, 4.69) is 15.3 Å². The van der Waals surface area contributed by atoms with Gasteiger partial charge >= 0.3 is 0 Å². The second-order valence-corrected chi connectivity index (χ2v) is 4.96. The first-order valence-electron chi connectivity index (χ1n) is 6.31. The van der Waals surface area contributed by atoms with Crippen molar-refractivity contribution in [1.29, 1.82) is 0 Å². The Morgan fingerprint density at radius 1 is 1.14 bits per heavy atom. The maximum atomic E-state index is 11.7. The minimum atomic E-state index is -0.173. The third-order valence-electron chi connectivity index (χ3n) is 3.14. The number of nitrogens with zero attached hydrogens (tertiary/aromatic N) is 5. The molecule has 0 amide bonds. The Hall–Kier alpha value is -2.47. The van der Waals surface area contributed by atoms with E-state index in [4.69, 9.17) is 11.6 Å². The van der Waals surface area contributed by atoms with Gasteiger partial charge in [-0.3, -0.25) is 4.79 Å². The summed E-state index contributed by atoms with van der Waals surface area (Å²) in [5.74, 6) is 1.37. The van der Waals surface area contributed by atoms with Crippen LogP contribution in [0.4, 0.5) is 0 Å². The number of hydrogen-bond donors (Lipinski definition) is 0. The van der Waals surface area contributed by atoms with E-state index < -0.39 is 0 Å². The number of hydrogen-bond acceptors (Lipinski definition) is 4. The zero-order valence-corrected chi connectivity index (χ0v) is 12.0. The summed E-state index contributed by atoms with van der Waals surface area (Å²) >= 11 is 5.88. The topological polar surface area (TPSA) is 65.6 Å². The van der Waals surface area contributed by atoms with E-state index in [0.29, 0.717) is 16.7 Å². The molecule has 1 aromatic carbocycles. The standard InChI is InChI=1S/C14H12ClN5O/c1-19-12(9-20-13(21)3-2-8-16-20)17-18-14(19)10-4-6-11(15)7-5-10/h2-8H,9H2,1H3. The fraction of sp³-hybridized carbons (Fsp3) is 0.143. The van der Waals surface area contributed by atoms with Crippen LogP contribution < -0.4 is 5.56 Å². The average Bonchev–Trinajstić information content (AvgIpc) is 2.84. The highest BCUT2D eigenvalue weighted by Crippen LogP contribution is 2.19. The summed E-state index contributed by atoms with van der Waals surface area (Å²) in [5, 5.41) is 13.0. The molecule has 0 aliphatic carbocycles. The SMILES string of the molecule is Cn1c(Cn2ncccc2=O)nnc1-c1ccc(Cl)cc1. The molecule has 0 fully saturated rings. The Labute approximate surface area is 125 Å². The third kappa shape index (κ3) is 2.71. The molecule has 3 rings (SSSR count). The highest BCUT2D eigenvalue weighted by atomic mass is 35.5. The van der Waals surface area contributed by atoms with E-state index in [1.54, 1.807) is 24.4 Å². The molecule has 0 N–H and O–H groups in total. The van der Waals surface area contributed by atoms with Crippen molar-refractivity contribution in [3.63, 3.8) is 0 Å². The van der Waals surface area contributed by atoms with E-state index in [0.717, 1.165) is 5.56 Å². The minimum Gasteiger partial charge on any atom is -0.313 e. The molecule has 0 atom stereocenters. The largest absolute Gasteiger partial charge is 0.313 e. The van der Waals surface area contributed by atoms with Crippen LogP contribution in [0.2, 0.25) is 5.02 Å². The molecule has 0 aliphatic rings. The molecular formula is C14H12ClN5O. The van der Waals surface area contributed by atoms with E-state index in [1.807, 2.05) is 23.7 Å². The van der Waals surface area contributed by atoms with Gasteiger partial charge in [-0.15, -0.1) is 10.2 Å². The van der Waals surface area contributed by atoms with Gasteiger partial charge in [0.25, 0.3) is 5.56 Å². The van der Waals surface area contributed by atoms with Gasteiger partial charge in [0, 0.05) is 29.9 Å². The highest BCUT2D eigenvalue weighted by Gasteiger charge is 2.11. The second-order valence-electron chi connectivity index (χ2n) is 4.53. The normalized spacial score (nSPS) is 10.8. The first-order valence-corrected chi connectivity index (χ1v) is 6.69. The third-order valence-corrected chi connectivity index (χ3v) is 3.40. The first-order chi connectivity index (χ1) is 10.1. The van der Waals surface area contributed by atoms with Crippen LogP contribution in [-0.4, -0.2) is 24.5 Å². The molecule has 0 saturated heterocycles. The van der Waals surface area contributed by atoms with Crippen molar-refractivity contribution in [2.75, 3.05) is 0 Å². The van der Waals surface area contributed by atoms with Crippen LogP contribution >= 0.6 is 11.6 Å². The van der Waals surface area contributed by atoms with E-state index in [9.17, 15) is 4.79 Å². The van der Waals surface area contributed by atoms with Crippen LogP contribution in [0.5, 0.6) is 0 Å². The Balaban J connectivity index is 1.94. The van der Waals surface area contributed by atoms with Crippen LogP contribution in [-0.2, 0) is 13.6 Å². The summed E-state index contributed by atoms with van der Waals surface area (Å²) in [4.78, 5) is 11.7. The molecular weight excluding hydrogens is 290 g/mol. The van der Waals surface area contributed by atoms with Crippen LogP contribution in [0.25, 0.3) is 11.4 Å². The summed E-state index contributed by atoms with van der Waals surface area (Å²) in [6.45, 7) is 0.275. The summed E-state index contributed by atoms with van der Waals surface area (Å²) in [5.41, 5.74) is 0.738. The summed E-state index contributed by atoms with van der Waals surface area (Å²) < 4.78 is 3.18.